The lowest BCUT2D eigenvalue weighted by Gasteiger charge is -2.17. The van der Waals surface area contributed by atoms with E-state index < -0.39 is 35.1 Å². The van der Waals surface area contributed by atoms with Crippen LogP contribution in [0.4, 0.5) is 26.3 Å². The van der Waals surface area contributed by atoms with Crippen molar-refractivity contribution in [2.24, 2.45) is 0 Å². The molecule has 0 spiro atoms. The molecule has 0 fully saturated rings. The fraction of sp³-hybridized carbons (Fsp3) is 0.188. The van der Waals surface area contributed by atoms with E-state index in [0.717, 1.165) is 0 Å². The highest BCUT2D eigenvalue weighted by Gasteiger charge is 2.40. The van der Waals surface area contributed by atoms with E-state index in [0.29, 0.717) is 0 Å². The van der Waals surface area contributed by atoms with Gasteiger partial charge in [0, 0.05) is 6.20 Å². The zero-order valence-corrected chi connectivity index (χ0v) is 16.7. The predicted molar refractivity (Wildman–Crippen MR) is 96.1 cm³/mol. The average Bonchev–Trinajstić information content (AvgIpc) is 2.58. The highest BCUT2D eigenvalue weighted by atomic mass is 35.5. The molecule has 1 heterocycles. The molecule has 0 amide bonds. The summed E-state index contributed by atoms with van der Waals surface area (Å²) in [5.41, 5.74) is -3.36. The van der Waals surface area contributed by atoms with Gasteiger partial charge in [0.2, 0.25) is 5.88 Å². The third-order valence-corrected chi connectivity index (χ3v) is 4.14. The fourth-order valence-electron chi connectivity index (χ4n) is 1.90. The number of pyridine rings is 1. The molecule has 0 saturated heterocycles. The van der Waals surface area contributed by atoms with Crippen molar-refractivity contribution in [3.8, 4) is 17.4 Å². The molecule has 0 N–H and O–H groups in total. The number of halogens is 10. The second kappa shape index (κ2) is 9.07. The van der Waals surface area contributed by atoms with Crippen LogP contribution in [0.3, 0.4) is 0 Å². The van der Waals surface area contributed by atoms with Crippen molar-refractivity contribution in [2.75, 3.05) is 6.61 Å². The predicted octanol–water partition coefficient (Wildman–Crippen LogP) is 7.92. The Hall–Kier alpha value is -1.55. The molecule has 0 atom stereocenters. The molecule has 2 aromatic rings. The summed E-state index contributed by atoms with van der Waals surface area (Å²) >= 11 is 22.8. The van der Waals surface area contributed by atoms with Gasteiger partial charge in [0.05, 0.1) is 10.6 Å². The molecule has 1 aromatic carbocycles. The van der Waals surface area contributed by atoms with E-state index in [9.17, 15) is 26.3 Å². The van der Waals surface area contributed by atoms with Gasteiger partial charge in [-0.1, -0.05) is 46.4 Å². The summed E-state index contributed by atoms with van der Waals surface area (Å²) in [6, 6.07) is 2.36. The number of ether oxygens (including phenoxy) is 2. The second-order valence-corrected chi connectivity index (χ2v) is 6.96. The molecule has 0 bridgehead atoms. The third kappa shape index (κ3) is 6.21. The van der Waals surface area contributed by atoms with Gasteiger partial charge in [-0.2, -0.15) is 26.3 Å². The lowest BCUT2D eigenvalue weighted by Crippen LogP contribution is -2.13. The second-order valence-electron chi connectivity index (χ2n) is 5.17. The van der Waals surface area contributed by atoms with Gasteiger partial charge in [-0.15, -0.1) is 0 Å². The van der Waals surface area contributed by atoms with Crippen molar-refractivity contribution in [1.29, 1.82) is 0 Å². The first kappa shape index (κ1) is 23.7. The quantitative estimate of drug-likeness (QED) is 0.391. The first-order valence-electron chi connectivity index (χ1n) is 7.25. The average molecular weight is 501 g/mol. The number of rotatable bonds is 5. The van der Waals surface area contributed by atoms with Crippen LogP contribution in [0.2, 0.25) is 10.0 Å². The highest BCUT2D eigenvalue weighted by molar-refractivity contribution is 6.55. The molecule has 2 rings (SSSR count). The molecule has 13 heteroatoms. The Labute approximate surface area is 179 Å². The van der Waals surface area contributed by atoms with Crippen molar-refractivity contribution < 1.29 is 35.8 Å². The summed E-state index contributed by atoms with van der Waals surface area (Å²) in [6.07, 6.45) is -8.78. The van der Waals surface area contributed by atoms with E-state index in [1.54, 1.807) is 0 Å². The monoisotopic (exact) mass is 499 g/mol. The minimum atomic E-state index is -5.20. The Morgan fingerprint density at radius 1 is 1.03 bits per heavy atom. The van der Waals surface area contributed by atoms with E-state index >= 15 is 0 Å². The Morgan fingerprint density at radius 3 is 2.24 bits per heavy atom. The van der Waals surface area contributed by atoms with Crippen molar-refractivity contribution in [3.63, 3.8) is 0 Å². The van der Waals surface area contributed by atoms with Gasteiger partial charge >= 0.3 is 12.4 Å². The van der Waals surface area contributed by atoms with Crippen molar-refractivity contribution in [2.45, 2.75) is 12.4 Å². The van der Waals surface area contributed by atoms with Crippen LogP contribution >= 0.6 is 46.4 Å². The van der Waals surface area contributed by atoms with Crippen molar-refractivity contribution in [3.05, 3.63) is 56.1 Å². The first-order valence-corrected chi connectivity index (χ1v) is 8.76. The largest absolute Gasteiger partial charge is 0.488 e. The smallest absolute Gasteiger partial charge is 0.421 e. The van der Waals surface area contributed by atoms with Gasteiger partial charge in [0.1, 0.15) is 27.4 Å². The number of hydrogen-bond donors (Lipinski definition) is 0. The number of benzene rings is 1. The minimum absolute atomic E-state index is 0.0580. The summed E-state index contributed by atoms with van der Waals surface area (Å²) in [4.78, 5) is 3.14. The van der Waals surface area contributed by atoms with Gasteiger partial charge in [0.15, 0.2) is 5.75 Å². The van der Waals surface area contributed by atoms with Crippen LogP contribution < -0.4 is 9.47 Å². The molecule has 1 aromatic heterocycles. The lowest BCUT2D eigenvalue weighted by atomic mass is 10.2. The van der Waals surface area contributed by atoms with Gasteiger partial charge < -0.3 is 9.47 Å². The molecule has 0 aliphatic heterocycles. The van der Waals surface area contributed by atoms with Crippen LogP contribution in [0.25, 0.3) is 0 Å². The van der Waals surface area contributed by atoms with Gasteiger partial charge in [-0.3, -0.25) is 0 Å². The number of nitrogens with zero attached hydrogens (tertiary/aromatic N) is 1. The fourth-order valence-corrected chi connectivity index (χ4v) is 2.53. The van der Waals surface area contributed by atoms with E-state index in [1.807, 2.05) is 0 Å². The summed E-state index contributed by atoms with van der Waals surface area (Å²) < 4.78 is 88.1. The molecule has 0 aliphatic rings. The zero-order valence-electron chi connectivity index (χ0n) is 13.6. The molecule has 0 saturated carbocycles. The standard InChI is InChI=1S/C16H7Cl4F6NO2/c17-9-1-2-10(28-4-3-11(18)19)12(20)13(9)29-14-8(16(24,25)26)5-7(6-27-14)15(21,22)23/h1-3,5-6H,4H2. The minimum Gasteiger partial charge on any atom is -0.488 e. The molecule has 3 nitrogen and oxygen atoms in total. The van der Waals surface area contributed by atoms with E-state index in [2.05, 4.69) is 4.98 Å². The van der Waals surface area contributed by atoms with Gasteiger partial charge in [-0.25, -0.2) is 4.98 Å². The molecule has 29 heavy (non-hydrogen) atoms. The maximum Gasteiger partial charge on any atom is 0.421 e. The molecular formula is C16H7Cl4F6NO2. The van der Waals surface area contributed by atoms with E-state index in [1.165, 1.54) is 18.2 Å². The van der Waals surface area contributed by atoms with Gasteiger partial charge in [0.25, 0.3) is 0 Å². The van der Waals surface area contributed by atoms with Crippen LogP contribution in [0.15, 0.2) is 35.0 Å². The lowest BCUT2D eigenvalue weighted by molar-refractivity contribution is -0.144. The normalized spacial score (nSPS) is 11.9. The number of hydrogen-bond acceptors (Lipinski definition) is 3. The van der Waals surface area contributed by atoms with E-state index in [-0.39, 0.29) is 39.2 Å². The summed E-state index contributed by atoms with van der Waals surface area (Å²) in [6.45, 7) is -0.143. The zero-order chi connectivity index (χ0) is 22.0. The Balaban J connectivity index is 2.47. The maximum atomic E-state index is 13.2. The SMILES string of the molecule is FC(F)(F)c1cnc(Oc2c(Cl)ccc(OCC=C(Cl)Cl)c2Cl)c(C(F)(F)F)c1. The topological polar surface area (TPSA) is 31.4 Å². The maximum absolute atomic E-state index is 13.2. The van der Waals surface area contributed by atoms with Crippen LogP contribution in [0.5, 0.6) is 17.4 Å². The summed E-state index contributed by atoms with van der Waals surface area (Å²) in [7, 11) is 0. The molecule has 0 aliphatic carbocycles. The van der Waals surface area contributed by atoms with Gasteiger partial charge in [-0.05, 0) is 24.3 Å². The first-order chi connectivity index (χ1) is 13.3. The Morgan fingerprint density at radius 2 is 1.69 bits per heavy atom. The third-order valence-electron chi connectivity index (χ3n) is 3.17. The van der Waals surface area contributed by atoms with Crippen molar-refractivity contribution in [1.82, 2.24) is 4.98 Å². The van der Waals surface area contributed by atoms with Crippen LogP contribution in [-0.4, -0.2) is 11.6 Å². The molecule has 158 valence electrons. The summed E-state index contributed by atoms with van der Waals surface area (Å²) in [5.74, 6) is -1.72. The van der Waals surface area contributed by atoms with E-state index in [4.69, 9.17) is 55.9 Å². The molecular weight excluding hydrogens is 494 g/mol. The highest BCUT2D eigenvalue weighted by Crippen LogP contribution is 2.45. The molecule has 0 radical (unpaired) electrons. The Bertz CT molecular complexity index is 927. The van der Waals surface area contributed by atoms with Crippen LogP contribution in [0, 0.1) is 0 Å². The van der Waals surface area contributed by atoms with Crippen LogP contribution in [0.1, 0.15) is 11.1 Å². The van der Waals surface area contributed by atoms with Crippen molar-refractivity contribution >= 4 is 46.4 Å². The Kier molecular flexibility index (Phi) is 7.42. The molecule has 0 unspecified atom stereocenters. The number of alkyl halides is 6. The number of aromatic nitrogens is 1. The van der Waals surface area contributed by atoms with Crippen LogP contribution in [-0.2, 0) is 12.4 Å². The summed E-state index contributed by atoms with van der Waals surface area (Å²) in [5, 5.41) is -0.575.